The Balaban J connectivity index is 1.53. The summed E-state index contributed by atoms with van der Waals surface area (Å²) in [4.78, 5) is 28.0. The predicted octanol–water partition coefficient (Wildman–Crippen LogP) is 2.83. The number of amides is 2. The summed E-state index contributed by atoms with van der Waals surface area (Å²) in [5, 5.41) is 9.61. The molecule has 0 bridgehead atoms. The second kappa shape index (κ2) is 8.26. The molecule has 0 radical (unpaired) electrons. The average Bonchev–Trinajstić information content (AvgIpc) is 3.09. The predicted molar refractivity (Wildman–Crippen MR) is 95.7 cm³/mol. The molecule has 0 aliphatic heterocycles. The minimum atomic E-state index is -0.521. The maximum atomic E-state index is 12.1. The van der Waals surface area contributed by atoms with E-state index in [1.54, 1.807) is 30.3 Å². The number of anilines is 1. The summed E-state index contributed by atoms with van der Waals surface area (Å²) in [5.41, 5.74) is 1.51. The summed E-state index contributed by atoms with van der Waals surface area (Å²) in [6.45, 7) is 0.269. The van der Waals surface area contributed by atoms with E-state index in [4.69, 9.17) is 16.1 Å². The van der Waals surface area contributed by atoms with E-state index in [1.807, 2.05) is 24.3 Å². The zero-order chi connectivity index (χ0) is 18.4. The maximum absolute atomic E-state index is 12.1. The van der Waals surface area contributed by atoms with Crippen molar-refractivity contribution in [2.75, 3.05) is 5.32 Å². The van der Waals surface area contributed by atoms with Crippen LogP contribution in [0.25, 0.3) is 0 Å². The summed E-state index contributed by atoms with van der Waals surface area (Å²) in [6, 6.07) is 16.1. The Morgan fingerprint density at radius 1 is 1.08 bits per heavy atom. The highest BCUT2D eigenvalue weighted by Gasteiger charge is 2.17. The van der Waals surface area contributed by atoms with Crippen LogP contribution in [0.15, 0.2) is 59.1 Å². The first kappa shape index (κ1) is 17.6. The molecule has 2 N–H and O–H groups in total. The number of carbonyl (C=O) groups is 2. The third-order valence-electron chi connectivity index (χ3n) is 3.38. The fourth-order valence-electron chi connectivity index (χ4n) is 2.19. The first-order valence-electron chi connectivity index (χ1n) is 7.80. The van der Waals surface area contributed by atoms with Crippen molar-refractivity contribution in [1.82, 2.24) is 15.5 Å². The molecular formula is C18H15ClN4O3. The smallest absolute Gasteiger partial charge is 0.315 e. The van der Waals surface area contributed by atoms with Crippen molar-refractivity contribution in [3.05, 3.63) is 76.9 Å². The van der Waals surface area contributed by atoms with Gasteiger partial charge in [-0.1, -0.05) is 47.1 Å². The van der Waals surface area contributed by atoms with Crippen LogP contribution in [0.4, 0.5) is 5.69 Å². The van der Waals surface area contributed by atoms with Crippen LogP contribution in [0.5, 0.6) is 0 Å². The molecule has 2 amide bonds. The van der Waals surface area contributed by atoms with E-state index in [0.29, 0.717) is 10.7 Å². The molecule has 0 atom stereocenters. The second-order valence-electron chi connectivity index (χ2n) is 5.42. The van der Waals surface area contributed by atoms with E-state index in [0.717, 1.165) is 5.56 Å². The van der Waals surface area contributed by atoms with Crippen molar-refractivity contribution in [1.29, 1.82) is 0 Å². The van der Waals surface area contributed by atoms with Gasteiger partial charge in [-0.3, -0.25) is 9.59 Å². The van der Waals surface area contributed by atoms with E-state index in [1.165, 1.54) is 0 Å². The lowest BCUT2D eigenvalue weighted by molar-refractivity contribution is -0.115. The van der Waals surface area contributed by atoms with Gasteiger partial charge in [-0.25, -0.2) is 0 Å². The van der Waals surface area contributed by atoms with Crippen molar-refractivity contribution in [3.63, 3.8) is 0 Å². The first-order chi connectivity index (χ1) is 12.6. The number of rotatable bonds is 6. The standard InChI is InChI=1S/C18H15ClN4O3/c19-13-6-4-5-12(9-13)11-20-17(25)18-22-15(23-26-18)10-16(24)21-14-7-2-1-3-8-14/h1-9H,10-11H2,(H,20,25)(H,21,24). The third kappa shape index (κ3) is 4.90. The van der Waals surface area contributed by atoms with Crippen LogP contribution >= 0.6 is 11.6 Å². The van der Waals surface area contributed by atoms with Crippen LogP contribution in [0.3, 0.4) is 0 Å². The van der Waals surface area contributed by atoms with Crippen LogP contribution in [0.1, 0.15) is 22.1 Å². The average molecular weight is 371 g/mol. The number of carbonyl (C=O) groups excluding carboxylic acids is 2. The lowest BCUT2D eigenvalue weighted by atomic mass is 10.2. The van der Waals surface area contributed by atoms with Gasteiger partial charge in [0.1, 0.15) is 0 Å². The topological polar surface area (TPSA) is 97.1 Å². The molecule has 0 aliphatic rings. The molecule has 26 heavy (non-hydrogen) atoms. The van der Waals surface area contributed by atoms with Crippen LogP contribution in [-0.2, 0) is 17.8 Å². The molecule has 0 saturated carbocycles. The highest BCUT2D eigenvalue weighted by molar-refractivity contribution is 6.30. The van der Waals surface area contributed by atoms with E-state index < -0.39 is 5.91 Å². The van der Waals surface area contributed by atoms with E-state index in [9.17, 15) is 9.59 Å². The van der Waals surface area contributed by atoms with Gasteiger partial charge in [0.2, 0.25) is 5.91 Å². The quantitative estimate of drug-likeness (QED) is 0.695. The Bertz CT molecular complexity index is 912. The summed E-state index contributed by atoms with van der Waals surface area (Å²) in [6.07, 6.45) is -0.0973. The molecule has 7 nitrogen and oxygen atoms in total. The fraction of sp³-hybridized carbons (Fsp3) is 0.111. The minimum absolute atomic E-state index is 0.0973. The zero-order valence-electron chi connectivity index (χ0n) is 13.6. The zero-order valence-corrected chi connectivity index (χ0v) is 14.4. The second-order valence-corrected chi connectivity index (χ2v) is 5.86. The lowest BCUT2D eigenvalue weighted by Gasteiger charge is -2.02. The highest BCUT2D eigenvalue weighted by atomic mass is 35.5. The molecule has 0 aliphatic carbocycles. The molecule has 2 aromatic carbocycles. The van der Waals surface area contributed by atoms with Gasteiger partial charge < -0.3 is 15.2 Å². The molecule has 0 unspecified atom stereocenters. The van der Waals surface area contributed by atoms with Crippen LogP contribution in [0, 0.1) is 0 Å². The Morgan fingerprint density at radius 3 is 2.65 bits per heavy atom. The third-order valence-corrected chi connectivity index (χ3v) is 3.62. The SMILES string of the molecule is O=C(Cc1noc(C(=O)NCc2cccc(Cl)c2)n1)Nc1ccccc1. The molecule has 1 heterocycles. The monoisotopic (exact) mass is 370 g/mol. The first-order valence-corrected chi connectivity index (χ1v) is 8.18. The number of nitrogens with one attached hydrogen (secondary N) is 2. The van der Waals surface area contributed by atoms with E-state index in [-0.39, 0.29) is 30.6 Å². The van der Waals surface area contributed by atoms with Gasteiger partial charge in [0, 0.05) is 17.3 Å². The molecule has 0 spiro atoms. The van der Waals surface area contributed by atoms with Gasteiger partial charge in [-0.05, 0) is 29.8 Å². The summed E-state index contributed by atoms with van der Waals surface area (Å²) in [5.74, 6) is -0.893. The number of hydrogen-bond acceptors (Lipinski definition) is 5. The summed E-state index contributed by atoms with van der Waals surface area (Å²) in [7, 11) is 0. The molecule has 3 rings (SSSR count). The van der Waals surface area contributed by atoms with Crippen molar-refractivity contribution >= 4 is 29.1 Å². The molecule has 8 heteroatoms. The molecule has 132 valence electrons. The Labute approximate surface area is 154 Å². The summed E-state index contributed by atoms with van der Waals surface area (Å²) < 4.78 is 4.91. The minimum Gasteiger partial charge on any atom is -0.344 e. The normalized spacial score (nSPS) is 10.3. The van der Waals surface area contributed by atoms with Gasteiger partial charge >= 0.3 is 11.8 Å². The maximum Gasteiger partial charge on any atom is 0.315 e. The molecule has 0 fully saturated rings. The number of halogens is 1. The Morgan fingerprint density at radius 2 is 1.88 bits per heavy atom. The highest BCUT2D eigenvalue weighted by Crippen LogP contribution is 2.10. The van der Waals surface area contributed by atoms with Gasteiger partial charge in [-0.15, -0.1) is 0 Å². The Hall–Kier alpha value is -3.19. The fourth-order valence-corrected chi connectivity index (χ4v) is 2.41. The van der Waals surface area contributed by atoms with Crippen molar-refractivity contribution in [2.24, 2.45) is 0 Å². The molecular weight excluding hydrogens is 356 g/mol. The number of nitrogens with zero attached hydrogens (tertiary/aromatic N) is 2. The van der Waals surface area contributed by atoms with Crippen LogP contribution < -0.4 is 10.6 Å². The van der Waals surface area contributed by atoms with Gasteiger partial charge in [0.25, 0.3) is 0 Å². The largest absolute Gasteiger partial charge is 0.344 e. The molecule has 0 saturated heterocycles. The lowest BCUT2D eigenvalue weighted by Crippen LogP contribution is -2.23. The summed E-state index contributed by atoms with van der Waals surface area (Å²) >= 11 is 5.90. The molecule has 1 aromatic heterocycles. The van der Waals surface area contributed by atoms with Gasteiger partial charge in [0.05, 0.1) is 6.42 Å². The Kier molecular flexibility index (Phi) is 5.60. The van der Waals surface area contributed by atoms with Crippen LogP contribution in [-0.4, -0.2) is 22.0 Å². The van der Waals surface area contributed by atoms with Crippen molar-refractivity contribution < 1.29 is 14.1 Å². The number of para-hydroxylation sites is 1. The van der Waals surface area contributed by atoms with Crippen LogP contribution in [0.2, 0.25) is 5.02 Å². The van der Waals surface area contributed by atoms with Crippen molar-refractivity contribution in [3.8, 4) is 0 Å². The number of aromatic nitrogens is 2. The number of benzene rings is 2. The van der Waals surface area contributed by atoms with Gasteiger partial charge in [0.15, 0.2) is 5.82 Å². The van der Waals surface area contributed by atoms with E-state index >= 15 is 0 Å². The van der Waals surface area contributed by atoms with Crippen molar-refractivity contribution in [2.45, 2.75) is 13.0 Å². The number of hydrogen-bond donors (Lipinski definition) is 2. The molecule has 3 aromatic rings. The van der Waals surface area contributed by atoms with Gasteiger partial charge in [-0.2, -0.15) is 4.98 Å². The van der Waals surface area contributed by atoms with E-state index in [2.05, 4.69) is 20.8 Å².